The lowest BCUT2D eigenvalue weighted by Gasteiger charge is -2.13. The van der Waals surface area contributed by atoms with Gasteiger partial charge in [0.25, 0.3) is 0 Å². The van der Waals surface area contributed by atoms with Crippen LogP contribution in [0.15, 0.2) is 24.3 Å². The first kappa shape index (κ1) is 11.5. The van der Waals surface area contributed by atoms with Crippen LogP contribution in [0.25, 0.3) is 0 Å². The Labute approximate surface area is 100 Å². The largest absolute Gasteiger partial charge is 0.384 e. The van der Waals surface area contributed by atoms with Gasteiger partial charge in [-0.05, 0) is 31.0 Å². The molecule has 1 aromatic rings. The SMILES string of the molecule is N#CCC1(CNc2cccc(C(N)=O)c2)CC1. The predicted octanol–water partition coefficient (Wildman–Crippen LogP) is 1.89. The summed E-state index contributed by atoms with van der Waals surface area (Å²) in [6.07, 6.45) is 2.79. The normalized spacial score (nSPS) is 15.9. The minimum atomic E-state index is -0.424. The maximum atomic E-state index is 11.0. The molecule has 0 bridgehead atoms. The van der Waals surface area contributed by atoms with E-state index >= 15 is 0 Å². The second-order valence-electron chi connectivity index (χ2n) is 4.63. The highest BCUT2D eigenvalue weighted by Gasteiger charge is 2.42. The van der Waals surface area contributed by atoms with Crippen molar-refractivity contribution < 1.29 is 4.79 Å². The summed E-state index contributed by atoms with van der Waals surface area (Å²) in [6.45, 7) is 0.781. The van der Waals surface area contributed by atoms with Crippen molar-refractivity contribution >= 4 is 11.6 Å². The van der Waals surface area contributed by atoms with Crippen molar-refractivity contribution in [2.75, 3.05) is 11.9 Å². The summed E-state index contributed by atoms with van der Waals surface area (Å²) in [5.74, 6) is -0.424. The van der Waals surface area contributed by atoms with Crippen molar-refractivity contribution in [2.24, 2.45) is 11.1 Å². The lowest BCUT2D eigenvalue weighted by atomic mass is 10.0. The van der Waals surface area contributed by atoms with Crippen LogP contribution in [0.2, 0.25) is 0 Å². The number of nitrogens with zero attached hydrogens (tertiary/aromatic N) is 1. The third-order valence-corrected chi connectivity index (χ3v) is 3.23. The van der Waals surface area contributed by atoms with Crippen LogP contribution in [0.3, 0.4) is 0 Å². The van der Waals surface area contributed by atoms with E-state index in [4.69, 9.17) is 11.0 Å². The Hall–Kier alpha value is -2.02. The molecular formula is C13H15N3O. The Morgan fingerprint density at radius 1 is 1.53 bits per heavy atom. The van der Waals surface area contributed by atoms with Crippen molar-refractivity contribution in [3.63, 3.8) is 0 Å². The Kier molecular flexibility index (Phi) is 3.01. The van der Waals surface area contributed by atoms with Crippen molar-refractivity contribution in [3.8, 4) is 6.07 Å². The molecule has 0 heterocycles. The smallest absolute Gasteiger partial charge is 0.248 e. The van der Waals surface area contributed by atoms with Gasteiger partial charge in [0.15, 0.2) is 0 Å². The Balaban J connectivity index is 1.98. The number of carbonyl (C=O) groups is 1. The molecule has 1 amide bonds. The Morgan fingerprint density at radius 2 is 2.29 bits per heavy atom. The highest BCUT2D eigenvalue weighted by Crippen LogP contribution is 2.48. The fourth-order valence-electron chi connectivity index (χ4n) is 1.83. The van der Waals surface area contributed by atoms with Crippen molar-refractivity contribution in [1.29, 1.82) is 5.26 Å². The van der Waals surface area contributed by atoms with Gasteiger partial charge in [0.2, 0.25) is 5.91 Å². The molecule has 3 N–H and O–H groups in total. The van der Waals surface area contributed by atoms with Crippen LogP contribution in [0.4, 0.5) is 5.69 Å². The first-order valence-electron chi connectivity index (χ1n) is 5.66. The molecule has 4 nitrogen and oxygen atoms in total. The van der Waals surface area contributed by atoms with E-state index in [-0.39, 0.29) is 5.41 Å². The lowest BCUT2D eigenvalue weighted by molar-refractivity contribution is 0.100. The van der Waals surface area contributed by atoms with E-state index in [0.717, 1.165) is 25.1 Å². The van der Waals surface area contributed by atoms with E-state index in [9.17, 15) is 4.79 Å². The Morgan fingerprint density at radius 3 is 2.88 bits per heavy atom. The van der Waals surface area contributed by atoms with Gasteiger partial charge in [-0.15, -0.1) is 0 Å². The first-order chi connectivity index (χ1) is 8.15. The summed E-state index contributed by atoms with van der Waals surface area (Å²) in [4.78, 5) is 11.0. The monoisotopic (exact) mass is 229 g/mol. The molecule has 17 heavy (non-hydrogen) atoms. The molecule has 1 saturated carbocycles. The fourth-order valence-corrected chi connectivity index (χ4v) is 1.83. The number of primary amides is 1. The van der Waals surface area contributed by atoms with E-state index in [0.29, 0.717) is 12.0 Å². The molecule has 1 aromatic carbocycles. The van der Waals surface area contributed by atoms with Crippen LogP contribution in [-0.2, 0) is 0 Å². The summed E-state index contributed by atoms with van der Waals surface area (Å²) in [7, 11) is 0. The van der Waals surface area contributed by atoms with E-state index < -0.39 is 5.91 Å². The third kappa shape index (κ3) is 2.76. The standard InChI is InChI=1S/C13H15N3O/c14-7-6-13(4-5-13)9-16-11-3-1-2-10(8-11)12(15)17/h1-3,8,16H,4-6,9H2,(H2,15,17). The second kappa shape index (κ2) is 4.46. The molecule has 1 aliphatic carbocycles. The molecule has 0 radical (unpaired) electrons. The van der Waals surface area contributed by atoms with Gasteiger partial charge in [-0.2, -0.15) is 5.26 Å². The van der Waals surface area contributed by atoms with Gasteiger partial charge in [-0.1, -0.05) is 6.07 Å². The van der Waals surface area contributed by atoms with Crippen molar-refractivity contribution in [3.05, 3.63) is 29.8 Å². The predicted molar refractivity (Wildman–Crippen MR) is 65.3 cm³/mol. The zero-order valence-corrected chi connectivity index (χ0v) is 9.57. The minimum Gasteiger partial charge on any atom is -0.384 e. The topological polar surface area (TPSA) is 78.9 Å². The molecule has 2 rings (SSSR count). The molecule has 0 aromatic heterocycles. The molecule has 0 spiro atoms. The van der Waals surface area contributed by atoms with Crippen LogP contribution in [0.1, 0.15) is 29.6 Å². The molecule has 88 valence electrons. The van der Waals surface area contributed by atoms with Crippen molar-refractivity contribution in [1.82, 2.24) is 0 Å². The average Bonchev–Trinajstić information content (AvgIpc) is 3.08. The first-order valence-corrected chi connectivity index (χ1v) is 5.66. The van der Waals surface area contributed by atoms with Gasteiger partial charge in [-0.3, -0.25) is 4.79 Å². The maximum absolute atomic E-state index is 11.0. The number of rotatable bonds is 5. The van der Waals surface area contributed by atoms with Crippen molar-refractivity contribution in [2.45, 2.75) is 19.3 Å². The fraction of sp³-hybridized carbons (Fsp3) is 0.385. The zero-order valence-electron chi connectivity index (χ0n) is 9.57. The molecule has 0 aliphatic heterocycles. The molecule has 1 aliphatic rings. The Bertz CT molecular complexity index is 472. The van der Waals surface area contributed by atoms with Crippen LogP contribution in [-0.4, -0.2) is 12.5 Å². The summed E-state index contributed by atoms with van der Waals surface area (Å²) in [5, 5.41) is 12.0. The molecule has 0 atom stereocenters. The number of benzene rings is 1. The van der Waals surface area contributed by atoms with Crippen LogP contribution in [0.5, 0.6) is 0 Å². The highest BCUT2D eigenvalue weighted by molar-refractivity contribution is 5.93. The lowest BCUT2D eigenvalue weighted by Crippen LogP contribution is -2.16. The summed E-state index contributed by atoms with van der Waals surface area (Å²) in [6, 6.07) is 9.35. The number of anilines is 1. The number of amides is 1. The van der Waals surface area contributed by atoms with Crippen LogP contribution in [0, 0.1) is 16.7 Å². The molecular weight excluding hydrogens is 214 g/mol. The van der Waals surface area contributed by atoms with E-state index in [1.807, 2.05) is 6.07 Å². The van der Waals surface area contributed by atoms with E-state index in [1.54, 1.807) is 18.2 Å². The van der Waals surface area contributed by atoms with Crippen LogP contribution >= 0.6 is 0 Å². The van der Waals surface area contributed by atoms with Crippen LogP contribution < -0.4 is 11.1 Å². The summed E-state index contributed by atoms with van der Waals surface area (Å²) in [5.41, 5.74) is 6.75. The van der Waals surface area contributed by atoms with Gasteiger partial charge in [0.05, 0.1) is 6.07 Å². The molecule has 0 saturated heterocycles. The number of hydrogen-bond donors (Lipinski definition) is 2. The second-order valence-corrected chi connectivity index (χ2v) is 4.63. The maximum Gasteiger partial charge on any atom is 0.248 e. The quantitative estimate of drug-likeness (QED) is 0.809. The number of carbonyl (C=O) groups excluding carboxylic acids is 1. The summed E-state index contributed by atoms with van der Waals surface area (Å²) >= 11 is 0. The minimum absolute atomic E-state index is 0.150. The number of nitrogens with two attached hydrogens (primary N) is 1. The average molecular weight is 229 g/mol. The number of hydrogen-bond acceptors (Lipinski definition) is 3. The van der Waals surface area contributed by atoms with Gasteiger partial charge in [-0.25, -0.2) is 0 Å². The van der Waals surface area contributed by atoms with Gasteiger partial charge < -0.3 is 11.1 Å². The summed E-state index contributed by atoms with van der Waals surface area (Å²) < 4.78 is 0. The zero-order chi connectivity index (χ0) is 12.3. The number of nitrogens with one attached hydrogen (secondary N) is 1. The third-order valence-electron chi connectivity index (χ3n) is 3.23. The van der Waals surface area contributed by atoms with E-state index in [1.165, 1.54) is 0 Å². The van der Waals surface area contributed by atoms with Gasteiger partial charge in [0.1, 0.15) is 0 Å². The van der Waals surface area contributed by atoms with Gasteiger partial charge >= 0.3 is 0 Å². The highest BCUT2D eigenvalue weighted by atomic mass is 16.1. The number of nitriles is 1. The van der Waals surface area contributed by atoms with E-state index in [2.05, 4.69) is 11.4 Å². The molecule has 1 fully saturated rings. The molecule has 4 heteroatoms. The van der Waals surface area contributed by atoms with Gasteiger partial charge in [0, 0.05) is 29.6 Å². The molecule has 0 unspecified atom stereocenters.